The lowest BCUT2D eigenvalue weighted by Gasteiger charge is -2.34. The Morgan fingerprint density at radius 2 is 2.00 bits per heavy atom. The predicted octanol–water partition coefficient (Wildman–Crippen LogP) is 3.48. The number of amides is 1. The molecular weight excluding hydrogens is 274 g/mol. The summed E-state index contributed by atoms with van der Waals surface area (Å²) in [5, 5.41) is 0. The molecule has 0 aliphatic carbocycles. The molecule has 0 unspecified atom stereocenters. The Labute approximate surface area is 132 Å². The second-order valence-corrected chi connectivity index (χ2v) is 7.50. The van der Waals surface area contributed by atoms with Gasteiger partial charge in [0, 0.05) is 43.5 Å². The van der Waals surface area contributed by atoms with Crippen LogP contribution in [0.25, 0.3) is 5.65 Å². The monoisotopic (exact) mass is 299 g/mol. The number of carbonyl (C=O) groups is 1. The summed E-state index contributed by atoms with van der Waals surface area (Å²) in [6.45, 7) is 8.10. The number of pyridine rings is 1. The number of carbonyl (C=O) groups excluding carboxylic acids is 1. The fourth-order valence-corrected chi connectivity index (χ4v) is 3.29. The van der Waals surface area contributed by atoms with Gasteiger partial charge in [0.2, 0.25) is 5.91 Å². The Bertz CT molecular complexity index is 660. The van der Waals surface area contributed by atoms with Crippen molar-refractivity contribution in [3.63, 3.8) is 0 Å². The number of likely N-dealkylation sites (tertiary alicyclic amines) is 1. The minimum Gasteiger partial charge on any atom is -0.343 e. The van der Waals surface area contributed by atoms with Crippen LogP contribution in [0.5, 0.6) is 0 Å². The van der Waals surface area contributed by atoms with Crippen LogP contribution in [0.15, 0.2) is 30.6 Å². The highest BCUT2D eigenvalue weighted by Crippen LogP contribution is 2.29. The highest BCUT2D eigenvalue weighted by atomic mass is 16.2. The molecule has 1 fully saturated rings. The molecule has 1 amide bonds. The summed E-state index contributed by atoms with van der Waals surface area (Å²) in [7, 11) is 0. The van der Waals surface area contributed by atoms with Gasteiger partial charge in [-0.2, -0.15) is 0 Å². The van der Waals surface area contributed by atoms with Crippen LogP contribution >= 0.6 is 0 Å². The molecule has 1 saturated heterocycles. The van der Waals surface area contributed by atoms with Gasteiger partial charge in [-0.3, -0.25) is 4.79 Å². The first kappa shape index (κ1) is 15.1. The van der Waals surface area contributed by atoms with Crippen molar-refractivity contribution in [1.82, 2.24) is 14.3 Å². The van der Waals surface area contributed by atoms with E-state index >= 15 is 0 Å². The summed E-state index contributed by atoms with van der Waals surface area (Å²) in [6, 6.07) is 6.30. The largest absolute Gasteiger partial charge is 0.343 e. The van der Waals surface area contributed by atoms with Crippen molar-refractivity contribution in [3.05, 3.63) is 36.3 Å². The minimum absolute atomic E-state index is 0.0658. The Kier molecular flexibility index (Phi) is 3.94. The van der Waals surface area contributed by atoms with Gasteiger partial charge in [0.15, 0.2) is 0 Å². The van der Waals surface area contributed by atoms with Gasteiger partial charge in [0.05, 0.1) is 0 Å². The average molecular weight is 299 g/mol. The second-order valence-electron chi connectivity index (χ2n) is 7.50. The molecular formula is C18H25N3O. The number of imidazole rings is 1. The lowest BCUT2D eigenvalue weighted by molar-refractivity contribution is -0.134. The molecule has 1 aliphatic heterocycles. The van der Waals surface area contributed by atoms with Crippen molar-refractivity contribution in [3.8, 4) is 0 Å². The molecule has 118 valence electrons. The second kappa shape index (κ2) is 5.75. The highest BCUT2D eigenvalue weighted by Gasteiger charge is 2.27. The van der Waals surface area contributed by atoms with Crippen molar-refractivity contribution in [2.45, 2.75) is 46.0 Å². The molecule has 3 rings (SSSR count). The van der Waals surface area contributed by atoms with Gasteiger partial charge in [-0.25, -0.2) is 4.98 Å². The number of hydrogen-bond acceptors (Lipinski definition) is 2. The number of rotatable bonds is 2. The van der Waals surface area contributed by atoms with Crippen LogP contribution in [-0.4, -0.2) is 33.3 Å². The number of nitrogens with zero attached hydrogens (tertiary/aromatic N) is 3. The van der Waals surface area contributed by atoms with E-state index in [1.54, 1.807) is 0 Å². The van der Waals surface area contributed by atoms with E-state index in [9.17, 15) is 4.79 Å². The zero-order chi connectivity index (χ0) is 15.7. The van der Waals surface area contributed by atoms with Gasteiger partial charge < -0.3 is 9.30 Å². The van der Waals surface area contributed by atoms with Crippen LogP contribution in [-0.2, 0) is 4.79 Å². The van der Waals surface area contributed by atoms with E-state index < -0.39 is 0 Å². The lowest BCUT2D eigenvalue weighted by atomic mass is 9.89. The van der Waals surface area contributed by atoms with Gasteiger partial charge in [-0.1, -0.05) is 26.8 Å². The van der Waals surface area contributed by atoms with Crippen molar-refractivity contribution in [1.29, 1.82) is 0 Å². The van der Waals surface area contributed by atoms with E-state index in [1.165, 1.54) is 5.69 Å². The molecule has 4 nitrogen and oxygen atoms in total. The van der Waals surface area contributed by atoms with Crippen LogP contribution < -0.4 is 0 Å². The molecule has 1 aliphatic rings. The number of hydrogen-bond donors (Lipinski definition) is 0. The highest BCUT2D eigenvalue weighted by molar-refractivity contribution is 5.76. The lowest BCUT2D eigenvalue weighted by Crippen LogP contribution is -2.39. The van der Waals surface area contributed by atoms with Crippen molar-refractivity contribution < 1.29 is 4.79 Å². The topological polar surface area (TPSA) is 37.6 Å². The van der Waals surface area contributed by atoms with Crippen LogP contribution in [0.3, 0.4) is 0 Å². The Hall–Kier alpha value is -1.84. The maximum atomic E-state index is 12.3. The van der Waals surface area contributed by atoms with Crippen molar-refractivity contribution in [2.24, 2.45) is 5.41 Å². The summed E-state index contributed by atoms with van der Waals surface area (Å²) in [6.07, 6.45) is 6.58. The fourth-order valence-electron chi connectivity index (χ4n) is 3.29. The Morgan fingerprint density at radius 1 is 1.27 bits per heavy atom. The summed E-state index contributed by atoms with van der Waals surface area (Å²) in [5.41, 5.74) is 2.39. The zero-order valence-corrected chi connectivity index (χ0v) is 13.7. The first-order valence-corrected chi connectivity index (χ1v) is 8.14. The van der Waals surface area contributed by atoms with E-state index in [-0.39, 0.29) is 5.41 Å². The van der Waals surface area contributed by atoms with Gasteiger partial charge >= 0.3 is 0 Å². The molecule has 0 spiro atoms. The van der Waals surface area contributed by atoms with E-state index in [0.29, 0.717) is 18.2 Å². The summed E-state index contributed by atoms with van der Waals surface area (Å²) >= 11 is 0. The predicted molar refractivity (Wildman–Crippen MR) is 87.8 cm³/mol. The normalized spacial score (nSPS) is 17.1. The quantitative estimate of drug-likeness (QED) is 0.851. The Balaban J connectivity index is 1.67. The van der Waals surface area contributed by atoms with Crippen LogP contribution in [0.1, 0.15) is 51.6 Å². The zero-order valence-electron chi connectivity index (χ0n) is 13.7. The average Bonchev–Trinajstić information content (AvgIpc) is 2.94. The van der Waals surface area contributed by atoms with Crippen LogP contribution in [0.2, 0.25) is 0 Å². The fraction of sp³-hybridized carbons (Fsp3) is 0.556. The van der Waals surface area contributed by atoms with Crippen molar-refractivity contribution >= 4 is 11.6 Å². The molecule has 0 atom stereocenters. The van der Waals surface area contributed by atoms with Gasteiger partial charge in [-0.15, -0.1) is 0 Å². The molecule has 4 heteroatoms. The number of piperidine rings is 1. The molecule has 0 bridgehead atoms. The molecule has 0 saturated carbocycles. The summed E-state index contributed by atoms with van der Waals surface area (Å²) in [5.74, 6) is 0.809. The number of fused-ring (bicyclic) bond motifs is 1. The van der Waals surface area contributed by atoms with Gasteiger partial charge in [-0.05, 0) is 30.4 Å². The van der Waals surface area contributed by atoms with E-state index in [4.69, 9.17) is 0 Å². The third kappa shape index (κ3) is 3.16. The molecule has 22 heavy (non-hydrogen) atoms. The molecule has 0 radical (unpaired) electrons. The third-order valence-electron chi connectivity index (χ3n) is 4.41. The first-order valence-electron chi connectivity index (χ1n) is 8.14. The standard InChI is InChI=1S/C18H25N3O/c1-18(2,3)13-17(22)20-10-7-14(8-11-20)15-5-4-6-16-19-9-12-21(15)16/h4-6,9,12,14H,7-8,10-11,13H2,1-3H3. The van der Waals surface area contributed by atoms with Gasteiger partial charge in [0.1, 0.15) is 5.65 Å². The Morgan fingerprint density at radius 3 is 2.68 bits per heavy atom. The molecule has 3 heterocycles. The third-order valence-corrected chi connectivity index (χ3v) is 4.41. The molecule has 2 aromatic rings. The van der Waals surface area contributed by atoms with E-state index in [2.05, 4.69) is 42.3 Å². The van der Waals surface area contributed by atoms with Crippen LogP contribution in [0, 0.1) is 5.41 Å². The molecule has 2 aromatic heterocycles. The SMILES string of the molecule is CC(C)(C)CC(=O)N1CCC(c2cccc3nccn23)CC1. The van der Waals surface area contributed by atoms with E-state index in [1.807, 2.05) is 23.4 Å². The number of aromatic nitrogens is 2. The van der Waals surface area contributed by atoms with Gasteiger partial charge in [0.25, 0.3) is 0 Å². The van der Waals surface area contributed by atoms with Crippen molar-refractivity contribution in [2.75, 3.05) is 13.1 Å². The minimum atomic E-state index is 0.0658. The molecule has 0 N–H and O–H groups in total. The van der Waals surface area contributed by atoms with Crippen LogP contribution in [0.4, 0.5) is 0 Å². The molecule has 0 aromatic carbocycles. The smallest absolute Gasteiger partial charge is 0.223 e. The first-order chi connectivity index (χ1) is 10.4. The maximum Gasteiger partial charge on any atom is 0.223 e. The van der Waals surface area contributed by atoms with E-state index in [0.717, 1.165) is 31.6 Å². The maximum absolute atomic E-state index is 12.3. The summed E-state index contributed by atoms with van der Waals surface area (Å²) in [4.78, 5) is 18.7. The summed E-state index contributed by atoms with van der Waals surface area (Å²) < 4.78 is 2.18.